The van der Waals surface area contributed by atoms with Crippen molar-refractivity contribution in [2.75, 3.05) is 5.32 Å². The molecule has 2 aromatic heterocycles. The standard InChI is InChI=1S/C19H15N3O2S/c23-18(20-11-14-7-4-10-24-14)17-12-25-19(22-17)21-16-9-3-6-13-5-1-2-8-15(13)16/h1-10,12H,11H2,(H,20,23)(H,21,22). The van der Waals surface area contributed by atoms with Crippen LogP contribution in [0.15, 0.2) is 70.7 Å². The van der Waals surface area contributed by atoms with Gasteiger partial charge in [0.2, 0.25) is 0 Å². The third kappa shape index (κ3) is 3.39. The molecule has 0 aliphatic rings. The largest absolute Gasteiger partial charge is 0.467 e. The summed E-state index contributed by atoms with van der Waals surface area (Å²) < 4.78 is 5.20. The predicted molar refractivity (Wildman–Crippen MR) is 99.2 cm³/mol. The number of carbonyl (C=O) groups excluding carboxylic acids is 1. The fourth-order valence-electron chi connectivity index (χ4n) is 2.56. The summed E-state index contributed by atoms with van der Waals surface area (Å²) in [5.74, 6) is 0.483. The zero-order valence-electron chi connectivity index (χ0n) is 13.2. The van der Waals surface area contributed by atoms with E-state index >= 15 is 0 Å². The molecule has 0 unspecified atom stereocenters. The highest BCUT2D eigenvalue weighted by atomic mass is 32.1. The molecule has 25 heavy (non-hydrogen) atoms. The van der Waals surface area contributed by atoms with E-state index in [1.54, 1.807) is 17.7 Å². The maximum Gasteiger partial charge on any atom is 0.271 e. The molecule has 2 aromatic carbocycles. The number of anilines is 2. The molecule has 0 atom stereocenters. The summed E-state index contributed by atoms with van der Waals surface area (Å²) in [7, 11) is 0. The fourth-order valence-corrected chi connectivity index (χ4v) is 3.26. The molecule has 124 valence electrons. The van der Waals surface area contributed by atoms with Crippen LogP contribution in [0.4, 0.5) is 10.8 Å². The third-order valence-electron chi connectivity index (χ3n) is 3.77. The van der Waals surface area contributed by atoms with Gasteiger partial charge in [0.15, 0.2) is 5.13 Å². The lowest BCUT2D eigenvalue weighted by Gasteiger charge is -2.07. The molecule has 1 amide bonds. The van der Waals surface area contributed by atoms with E-state index in [-0.39, 0.29) is 5.91 Å². The second kappa shape index (κ2) is 6.78. The number of aromatic nitrogens is 1. The van der Waals surface area contributed by atoms with E-state index < -0.39 is 0 Å². The van der Waals surface area contributed by atoms with Crippen LogP contribution < -0.4 is 10.6 Å². The lowest BCUT2D eigenvalue weighted by Crippen LogP contribution is -2.22. The normalized spacial score (nSPS) is 10.7. The average molecular weight is 349 g/mol. The molecule has 0 bridgehead atoms. The van der Waals surface area contributed by atoms with Crippen molar-refractivity contribution in [3.05, 3.63) is 77.7 Å². The molecule has 2 N–H and O–H groups in total. The first-order chi connectivity index (χ1) is 12.3. The molecular formula is C19H15N3O2S. The van der Waals surface area contributed by atoms with Gasteiger partial charge in [-0.1, -0.05) is 36.4 Å². The van der Waals surface area contributed by atoms with Crippen LogP contribution in [0.25, 0.3) is 10.8 Å². The molecule has 0 fully saturated rings. The van der Waals surface area contributed by atoms with E-state index in [1.807, 2.05) is 30.3 Å². The maximum absolute atomic E-state index is 12.2. The molecule has 0 aliphatic carbocycles. The first-order valence-corrected chi connectivity index (χ1v) is 8.68. The average Bonchev–Trinajstić information content (AvgIpc) is 3.32. The van der Waals surface area contributed by atoms with E-state index in [2.05, 4.69) is 33.8 Å². The van der Waals surface area contributed by atoms with Crippen LogP contribution in [-0.4, -0.2) is 10.9 Å². The number of nitrogens with zero attached hydrogens (tertiary/aromatic N) is 1. The zero-order valence-corrected chi connectivity index (χ0v) is 14.0. The molecule has 4 rings (SSSR count). The summed E-state index contributed by atoms with van der Waals surface area (Å²) in [6.45, 7) is 0.343. The van der Waals surface area contributed by atoms with Gasteiger partial charge in [-0.3, -0.25) is 4.79 Å². The van der Waals surface area contributed by atoms with Gasteiger partial charge in [0.1, 0.15) is 11.5 Å². The number of hydrogen-bond donors (Lipinski definition) is 2. The topological polar surface area (TPSA) is 67.2 Å². The number of carbonyl (C=O) groups is 1. The SMILES string of the molecule is O=C(NCc1ccco1)c1csc(Nc2cccc3ccccc23)n1. The minimum Gasteiger partial charge on any atom is -0.467 e. The Bertz CT molecular complexity index is 1000. The molecule has 6 heteroatoms. The van der Waals surface area contributed by atoms with Gasteiger partial charge >= 0.3 is 0 Å². The van der Waals surface area contributed by atoms with Crippen molar-refractivity contribution in [2.45, 2.75) is 6.54 Å². The molecule has 0 saturated carbocycles. The Morgan fingerprint density at radius 1 is 1.08 bits per heavy atom. The van der Waals surface area contributed by atoms with E-state index in [1.165, 1.54) is 11.3 Å². The van der Waals surface area contributed by atoms with Crippen LogP contribution >= 0.6 is 11.3 Å². The number of fused-ring (bicyclic) bond motifs is 1. The second-order valence-corrected chi connectivity index (χ2v) is 6.31. The minimum atomic E-state index is -0.224. The lowest BCUT2D eigenvalue weighted by atomic mass is 10.1. The Labute approximate surface area is 148 Å². The van der Waals surface area contributed by atoms with Crippen molar-refractivity contribution in [2.24, 2.45) is 0 Å². The molecule has 0 aliphatic heterocycles. The molecule has 5 nitrogen and oxygen atoms in total. The van der Waals surface area contributed by atoms with Crippen molar-refractivity contribution in [3.63, 3.8) is 0 Å². The Kier molecular flexibility index (Phi) is 4.18. The number of thiazole rings is 1. The summed E-state index contributed by atoms with van der Waals surface area (Å²) in [5, 5.41) is 10.8. The lowest BCUT2D eigenvalue weighted by molar-refractivity contribution is 0.0944. The quantitative estimate of drug-likeness (QED) is 0.554. The van der Waals surface area contributed by atoms with Gasteiger partial charge < -0.3 is 15.1 Å². The van der Waals surface area contributed by atoms with Gasteiger partial charge in [0.05, 0.1) is 12.8 Å². The van der Waals surface area contributed by atoms with Crippen LogP contribution in [0.2, 0.25) is 0 Å². The van der Waals surface area contributed by atoms with E-state index in [9.17, 15) is 4.79 Å². The fraction of sp³-hybridized carbons (Fsp3) is 0.0526. The Morgan fingerprint density at radius 3 is 2.84 bits per heavy atom. The number of nitrogens with one attached hydrogen (secondary N) is 2. The highest BCUT2D eigenvalue weighted by molar-refractivity contribution is 7.14. The molecule has 0 saturated heterocycles. The third-order valence-corrected chi connectivity index (χ3v) is 4.53. The van der Waals surface area contributed by atoms with Gasteiger partial charge in [0.25, 0.3) is 5.91 Å². The van der Waals surface area contributed by atoms with Crippen LogP contribution in [0.3, 0.4) is 0 Å². The summed E-state index contributed by atoms with van der Waals surface area (Å²) in [6, 6.07) is 17.8. The molecule has 0 spiro atoms. The summed E-state index contributed by atoms with van der Waals surface area (Å²) in [6.07, 6.45) is 1.58. The molecular weight excluding hydrogens is 334 g/mol. The van der Waals surface area contributed by atoms with E-state index in [0.29, 0.717) is 23.1 Å². The maximum atomic E-state index is 12.2. The Balaban J connectivity index is 1.48. The van der Waals surface area contributed by atoms with Crippen molar-refractivity contribution >= 4 is 38.8 Å². The smallest absolute Gasteiger partial charge is 0.271 e. The summed E-state index contributed by atoms with van der Waals surface area (Å²) in [5.41, 5.74) is 1.36. The van der Waals surface area contributed by atoms with Crippen molar-refractivity contribution in [1.82, 2.24) is 10.3 Å². The molecule has 2 heterocycles. The number of benzene rings is 2. The van der Waals surface area contributed by atoms with E-state index in [4.69, 9.17) is 4.42 Å². The van der Waals surface area contributed by atoms with Crippen LogP contribution in [0, 0.1) is 0 Å². The zero-order chi connectivity index (χ0) is 17.1. The second-order valence-electron chi connectivity index (χ2n) is 5.45. The van der Waals surface area contributed by atoms with Gasteiger partial charge in [-0.05, 0) is 23.6 Å². The summed E-state index contributed by atoms with van der Waals surface area (Å²) in [4.78, 5) is 16.6. The summed E-state index contributed by atoms with van der Waals surface area (Å²) >= 11 is 1.40. The van der Waals surface area contributed by atoms with Crippen LogP contribution in [0.1, 0.15) is 16.2 Å². The van der Waals surface area contributed by atoms with Gasteiger partial charge in [0, 0.05) is 16.5 Å². The number of furan rings is 1. The molecule has 4 aromatic rings. The number of hydrogen-bond acceptors (Lipinski definition) is 5. The van der Waals surface area contributed by atoms with E-state index in [0.717, 1.165) is 16.5 Å². The van der Waals surface area contributed by atoms with Crippen molar-refractivity contribution in [3.8, 4) is 0 Å². The first-order valence-electron chi connectivity index (χ1n) is 7.80. The Hall–Kier alpha value is -3.12. The van der Waals surface area contributed by atoms with Gasteiger partial charge in [-0.25, -0.2) is 4.98 Å². The minimum absolute atomic E-state index is 0.224. The van der Waals surface area contributed by atoms with Crippen molar-refractivity contribution < 1.29 is 9.21 Å². The predicted octanol–water partition coefficient (Wildman–Crippen LogP) is 4.56. The highest BCUT2D eigenvalue weighted by Crippen LogP contribution is 2.27. The van der Waals surface area contributed by atoms with Gasteiger partial charge in [-0.15, -0.1) is 11.3 Å². The monoisotopic (exact) mass is 349 g/mol. The van der Waals surface area contributed by atoms with Crippen LogP contribution in [0.5, 0.6) is 0 Å². The highest BCUT2D eigenvalue weighted by Gasteiger charge is 2.12. The number of amides is 1. The van der Waals surface area contributed by atoms with Gasteiger partial charge in [-0.2, -0.15) is 0 Å². The van der Waals surface area contributed by atoms with Crippen molar-refractivity contribution in [1.29, 1.82) is 0 Å². The first kappa shape index (κ1) is 15.4. The Morgan fingerprint density at radius 2 is 1.96 bits per heavy atom. The van der Waals surface area contributed by atoms with Crippen LogP contribution in [-0.2, 0) is 6.54 Å². The number of rotatable bonds is 5. The molecule has 0 radical (unpaired) electrons.